The average Bonchev–Trinajstić information content (AvgIpc) is 2.62. The third-order valence-corrected chi connectivity index (χ3v) is 4.13. The summed E-state index contributed by atoms with van der Waals surface area (Å²) in [4.78, 5) is 24.1. The smallest absolute Gasteiger partial charge is 0.338 e. The van der Waals surface area contributed by atoms with Crippen molar-refractivity contribution in [3.05, 3.63) is 58.7 Å². The molecule has 2 aromatic carbocycles. The van der Waals surface area contributed by atoms with E-state index in [-0.39, 0.29) is 5.91 Å². The zero-order chi connectivity index (χ0) is 18.4. The first-order valence-corrected chi connectivity index (χ1v) is 8.07. The van der Waals surface area contributed by atoms with Crippen LogP contribution in [0.15, 0.2) is 36.4 Å². The van der Waals surface area contributed by atoms with Gasteiger partial charge in [0.15, 0.2) is 0 Å². The number of nitrogens with one attached hydrogen (secondary N) is 1. The number of esters is 1. The van der Waals surface area contributed by atoms with Crippen LogP contribution in [0.3, 0.4) is 0 Å². The highest BCUT2D eigenvalue weighted by Crippen LogP contribution is 2.21. The fourth-order valence-electron chi connectivity index (χ4n) is 2.56. The molecule has 1 amide bonds. The maximum atomic E-state index is 12.2. The number of hydrogen-bond donors (Lipinski definition) is 1. The lowest BCUT2D eigenvalue weighted by Crippen LogP contribution is -2.14. The van der Waals surface area contributed by atoms with Crippen LogP contribution in [-0.2, 0) is 16.0 Å². The number of methoxy groups -OCH3 is 2. The van der Waals surface area contributed by atoms with E-state index >= 15 is 0 Å². The number of ether oxygens (including phenoxy) is 2. The molecule has 5 nitrogen and oxygen atoms in total. The molecule has 1 N–H and O–H groups in total. The first kappa shape index (κ1) is 18.5. The molecule has 0 aliphatic carbocycles. The molecule has 5 heteroatoms. The zero-order valence-electron chi connectivity index (χ0n) is 15.0. The molecule has 0 unspecified atom stereocenters. The molecule has 0 aromatic heterocycles. The normalized spacial score (nSPS) is 10.2. The third-order valence-electron chi connectivity index (χ3n) is 4.13. The highest BCUT2D eigenvalue weighted by molar-refractivity contribution is 5.96. The van der Waals surface area contributed by atoms with Gasteiger partial charge in [-0.1, -0.05) is 12.1 Å². The number of hydrogen-bond acceptors (Lipinski definition) is 4. The van der Waals surface area contributed by atoms with Gasteiger partial charge in [0.25, 0.3) is 0 Å². The average molecular weight is 341 g/mol. The summed E-state index contributed by atoms with van der Waals surface area (Å²) >= 11 is 0. The zero-order valence-corrected chi connectivity index (χ0v) is 15.0. The Balaban J connectivity index is 2.05. The van der Waals surface area contributed by atoms with Crippen LogP contribution in [0.25, 0.3) is 0 Å². The summed E-state index contributed by atoms with van der Waals surface area (Å²) in [6, 6.07) is 11.1. The van der Waals surface area contributed by atoms with Gasteiger partial charge in [0.2, 0.25) is 5.91 Å². The minimum atomic E-state index is -0.409. The van der Waals surface area contributed by atoms with Crippen molar-refractivity contribution in [1.29, 1.82) is 0 Å². The second kappa shape index (κ2) is 8.33. The Morgan fingerprint density at radius 1 is 1.08 bits per heavy atom. The number of carbonyl (C=O) groups is 2. The molecule has 2 rings (SSSR count). The van der Waals surface area contributed by atoms with Gasteiger partial charge >= 0.3 is 5.97 Å². The number of carbonyl (C=O) groups excluding carboxylic acids is 2. The van der Waals surface area contributed by atoms with Crippen molar-refractivity contribution in [1.82, 2.24) is 0 Å². The molecular weight excluding hydrogens is 318 g/mol. The highest BCUT2D eigenvalue weighted by Gasteiger charge is 2.13. The fourth-order valence-corrected chi connectivity index (χ4v) is 2.56. The molecule has 0 saturated heterocycles. The van der Waals surface area contributed by atoms with Gasteiger partial charge < -0.3 is 14.8 Å². The van der Waals surface area contributed by atoms with Gasteiger partial charge in [0.1, 0.15) is 5.75 Å². The molecule has 0 aliphatic heterocycles. The van der Waals surface area contributed by atoms with Crippen LogP contribution in [0, 0.1) is 13.8 Å². The summed E-state index contributed by atoms with van der Waals surface area (Å²) in [5, 5.41) is 2.85. The Kier molecular flexibility index (Phi) is 6.17. The molecule has 132 valence electrons. The van der Waals surface area contributed by atoms with Gasteiger partial charge in [-0.05, 0) is 61.2 Å². The van der Waals surface area contributed by atoms with Crippen LogP contribution in [0.1, 0.15) is 33.5 Å². The van der Waals surface area contributed by atoms with Crippen LogP contribution >= 0.6 is 0 Å². The largest absolute Gasteiger partial charge is 0.497 e. The highest BCUT2D eigenvalue weighted by atomic mass is 16.5. The summed E-state index contributed by atoms with van der Waals surface area (Å²) in [5.41, 5.74) is 3.86. The van der Waals surface area contributed by atoms with E-state index in [2.05, 4.69) is 5.32 Å². The van der Waals surface area contributed by atoms with E-state index in [0.717, 1.165) is 22.4 Å². The second-order valence-electron chi connectivity index (χ2n) is 5.86. The van der Waals surface area contributed by atoms with E-state index < -0.39 is 5.97 Å². The van der Waals surface area contributed by atoms with Crippen molar-refractivity contribution in [2.24, 2.45) is 0 Å². The summed E-state index contributed by atoms with van der Waals surface area (Å²) in [5.74, 6) is 0.254. The van der Waals surface area contributed by atoms with Crippen molar-refractivity contribution in [2.75, 3.05) is 19.5 Å². The lowest BCUT2D eigenvalue weighted by atomic mass is 10.0. The number of rotatable bonds is 6. The fraction of sp³-hybridized carbons (Fsp3) is 0.300. The first-order valence-electron chi connectivity index (χ1n) is 8.07. The van der Waals surface area contributed by atoms with Gasteiger partial charge in [0.05, 0.1) is 19.8 Å². The number of benzene rings is 2. The van der Waals surface area contributed by atoms with Gasteiger partial charge in [-0.3, -0.25) is 4.79 Å². The molecule has 0 fully saturated rings. The van der Waals surface area contributed by atoms with Crippen molar-refractivity contribution >= 4 is 17.6 Å². The van der Waals surface area contributed by atoms with Crippen LogP contribution in [0.4, 0.5) is 5.69 Å². The van der Waals surface area contributed by atoms with Crippen molar-refractivity contribution in [3.63, 3.8) is 0 Å². The Bertz CT molecular complexity index is 783. The lowest BCUT2D eigenvalue weighted by molar-refractivity contribution is -0.116. The Morgan fingerprint density at radius 2 is 1.84 bits per heavy atom. The van der Waals surface area contributed by atoms with Gasteiger partial charge in [-0.15, -0.1) is 0 Å². The molecule has 0 bridgehead atoms. The number of anilines is 1. The molecule has 0 aliphatic rings. The van der Waals surface area contributed by atoms with Gasteiger partial charge in [0, 0.05) is 12.1 Å². The Hall–Kier alpha value is -2.82. The monoisotopic (exact) mass is 341 g/mol. The first-order chi connectivity index (χ1) is 11.9. The summed E-state index contributed by atoms with van der Waals surface area (Å²) in [7, 11) is 2.96. The standard InChI is InChI=1S/C20H23NO4/c1-13-10-16(12-18(14(13)2)20(23)25-4)21-19(22)9-8-15-6-5-7-17(11-15)24-3/h5-7,10-12H,8-9H2,1-4H3,(H,21,22). The van der Waals surface area contributed by atoms with Gasteiger partial charge in [-0.2, -0.15) is 0 Å². The van der Waals surface area contributed by atoms with E-state index in [1.165, 1.54) is 7.11 Å². The molecule has 0 spiro atoms. The van der Waals surface area contributed by atoms with Crippen molar-refractivity contribution in [3.8, 4) is 5.75 Å². The molecule has 0 saturated carbocycles. The van der Waals surface area contributed by atoms with Crippen molar-refractivity contribution in [2.45, 2.75) is 26.7 Å². The summed E-state index contributed by atoms with van der Waals surface area (Å²) in [6.07, 6.45) is 0.950. The Labute approximate surface area is 148 Å². The van der Waals surface area contributed by atoms with E-state index in [1.54, 1.807) is 13.2 Å². The predicted molar refractivity (Wildman–Crippen MR) is 97.2 cm³/mol. The third kappa shape index (κ3) is 4.83. The minimum Gasteiger partial charge on any atom is -0.497 e. The maximum Gasteiger partial charge on any atom is 0.338 e. The molecule has 0 atom stereocenters. The predicted octanol–water partition coefficient (Wildman–Crippen LogP) is 3.67. The minimum absolute atomic E-state index is 0.109. The maximum absolute atomic E-state index is 12.2. The SMILES string of the molecule is COC(=O)c1cc(NC(=O)CCc2cccc(OC)c2)cc(C)c1C. The van der Waals surface area contributed by atoms with Crippen LogP contribution < -0.4 is 10.1 Å². The van der Waals surface area contributed by atoms with E-state index in [4.69, 9.17) is 9.47 Å². The molecular formula is C20H23NO4. The van der Waals surface area contributed by atoms with E-state index in [9.17, 15) is 9.59 Å². The summed E-state index contributed by atoms with van der Waals surface area (Å²) < 4.78 is 9.98. The van der Waals surface area contributed by atoms with E-state index in [1.807, 2.05) is 44.2 Å². The van der Waals surface area contributed by atoms with Crippen LogP contribution in [-0.4, -0.2) is 26.1 Å². The molecule has 0 heterocycles. The topological polar surface area (TPSA) is 64.6 Å². The van der Waals surface area contributed by atoms with Crippen LogP contribution in [0.2, 0.25) is 0 Å². The Morgan fingerprint density at radius 3 is 2.52 bits per heavy atom. The lowest BCUT2D eigenvalue weighted by Gasteiger charge is -2.12. The quantitative estimate of drug-likeness (QED) is 0.814. The van der Waals surface area contributed by atoms with Crippen LogP contribution in [0.5, 0.6) is 5.75 Å². The summed E-state index contributed by atoms with van der Waals surface area (Å²) in [6.45, 7) is 3.75. The molecule has 2 aromatic rings. The van der Waals surface area contributed by atoms with Gasteiger partial charge in [-0.25, -0.2) is 4.79 Å². The molecule has 0 radical (unpaired) electrons. The second-order valence-corrected chi connectivity index (χ2v) is 5.86. The van der Waals surface area contributed by atoms with E-state index in [0.29, 0.717) is 24.1 Å². The molecule has 25 heavy (non-hydrogen) atoms. The van der Waals surface area contributed by atoms with Crippen molar-refractivity contribution < 1.29 is 19.1 Å². The number of aryl methyl sites for hydroxylation is 2. The number of amides is 1.